The number of nitrogens with zero attached hydrogens (tertiary/aromatic N) is 3. The molecule has 0 spiro atoms. The third-order valence-corrected chi connectivity index (χ3v) is 2.61. The average Bonchev–Trinajstić information content (AvgIpc) is 2.58. The number of nitrogen functional groups attached to an aromatic ring is 1. The lowest BCUT2D eigenvalue weighted by Gasteiger charge is -2.06. The van der Waals surface area contributed by atoms with Crippen LogP contribution in [0.5, 0.6) is 0 Å². The Balaban J connectivity index is 2.72. The van der Waals surface area contributed by atoms with Crippen molar-refractivity contribution in [1.29, 1.82) is 0 Å². The van der Waals surface area contributed by atoms with Gasteiger partial charge in [-0.05, 0) is 6.92 Å². The Morgan fingerprint density at radius 1 is 1.53 bits per heavy atom. The van der Waals surface area contributed by atoms with Crippen LogP contribution in [0, 0.1) is 0 Å². The largest absolute Gasteiger partial charge is 0.481 e. The first kappa shape index (κ1) is 13.3. The molecule has 0 aromatic carbocycles. The van der Waals surface area contributed by atoms with Crippen LogP contribution < -0.4 is 5.73 Å². The fourth-order valence-corrected chi connectivity index (χ4v) is 1.68. The second-order valence-corrected chi connectivity index (χ2v) is 3.86. The Bertz CT molecular complexity index is 420. The quantitative estimate of drug-likeness (QED) is 0.523. The molecule has 0 bridgehead atoms. The molecule has 8 nitrogen and oxygen atoms in total. The number of hydrogen-bond acceptors (Lipinski definition) is 7. The van der Waals surface area contributed by atoms with E-state index in [0.717, 1.165) is 11.8 Å². The minimum absolute atomic E-state index is 0.0472. The molecule has 0 saturated heterocycles. The Kier molecular flexibility index (Phi) is 4.76. The normalized spacial score (nSPS) is 10.2. The lowest BCUT2D eigenvalue weighted by atomic mass is 10.6. The monoisotopic (exact) mass is 260 g/mol. The highest BCUT2D eigenvalue weighted by Crippen LogP contribution is 2.17. The van der Waals surface area contributed by atoms with E-state index in [1.54, 1.807) is 6.92 Å². The SMILES string of the molecule is CCOC(=O)Cn1c(N)nnc1SCC(=O)O. The van der Waals surface area contributed by atoms with Gasteiger partial charge in [-0.25, -0.2) is 0 Å². The van der Waals surface area contributed by atoms with Crippen molar-refractivity contribution in [2.45, 2.75) is 18.6 Å². The number of carbonyl (C=O) groups is 2. The lowest BCUT2D eigenvalue weighted by molar-refractivity contribution is -0.144. The molecule has 0 atom stereocenters. The van der Waals surface area contributed by atoms with Crippen molar-refractivity contribution >= 4 is 29.6 Å². The molecule has 0 radical (unpaired) electrons. The molecule has 0 fully saturated rings. The van der Waals surface area contributed by atoms with Gasteiger partial charge in [0.05, 0.1) is 12.4 Å². The number of carboxylic acid groups (broad SMARTS) is 1. The maximum Gasteiger partial charge on any atom is 0.326 e. The maximum absolute atomic E-state index is 11.3. The second kappa shape index (κ2) is 6.09. The van der Waals surface area contributed by atoms with Gasteiger partial charge in [-0.15, -0.1) is 10.2 Å². The summed E-state index contributed by atoms with van der Waals surface area (Å²) in [6.45, 7) is 1.82. The number of nitrogens with two attached hydrogens (primary N) is 1. The van der Waals surface area contributed by atoms with Crippen molar-refractivity contribution in [3.05, 3.63) is 0 Å². The number of rotatable bonds is 6. The minimum atomic E-state index is -0.987. The molecule has 0 aliphatic carbocycles. The zero-order valence-corrected chi connectivity index (χ0v) is 9.94. The molecule has 0 aliphatic rings. The summed E-state index contributed by atoms with van der Waals surface area (Å²) in [4.78, 5) is 21.7. The summed E-state index contributed by atoms with van der Waals surface area (Å²) in [6.07, 6.45) is 0. The van der Waals surface area contributed by atoms with Crippen LogP contribution in [0.15, 0.2) is 5.16 Å². The van der Waals surface area contributed by atoms with Gasteiger partial charge in [0.15, 0.2) is 5.16 Å². The van der Waals surface area contributed by atoms with Gasteiger partial charge in [0.1, 0.15) is 6.54 Å². The first-order chi connectivity index (χ1) is 8.04. The van der Waals surface area contributed by atoms with Crippen molar-refractivity contribution in [2.75, 3.05) is 18.1 Å². The van der Waals surface area contributed by atoms with Crippen LogP contribution in [0.25, 0.3) is 0 Å². The number of esters is 1. The molecule has 0 saturated carbocycles. The van der Waals surface area contributed by atoms with Crippen molar-refractivity contribution in [3.63, 3.8) is 0 Å². The van der Waals surface area contributed by atoms with Gasteiger partial charge in [-0.2, -0.15) is 0 Å². The number of carboxylic acids is 1. The van der Waals surface area contributed by atoms with E-state index in [9.17, 15) is 9.59 Å². The first-order valence-corrected chi connectivity index (χ1v) is 5.72. The first-order valence-electron chi connectivity index (χ1n) is 4.73. The van der Waals surface area contributed by atoms with Crippen molar-refractivity contribution in [1.82, 2.24) is 14.8 Å². The summed E-state index contributed by atoms with van der Waals surface area (Å²) in [5, 5.41) is 16.1. The van der Waals surface area contributed by atoms with E-state index in [4.69, 9.17) is 15.6 Å². The number of anilines is 1. The highest BCUT2D eigenvalue weighted by atomic mass is 32.2. The van der Waals surface area contributed by atoms with Gasteiger partial charge in [0, 0.05) is 0 Å². The molecule has 9 heteroatoms. The summed E-state index contributed by atoms with van der Waals surface area (Å²) in [7, 11) is 0. The summed E-state index contributed by atoms with van der Waals surface area (Å²) in [5.41, 5.74) is 5.51. The molecule has 0 unspecified atom stereocenters. The van der Waals surface area contributed by atoms with Crippen molar-refractivity contribution < 1.29 is 19.4 Å². The molecule has 1 rings (SSSR count). The van der Waals surface area contributed by atoms with Crippen LogP contribution in [0.1, 0.15) is 6.92 Å². The summed E-state index contributed by atoms with van der Waals surface area (Å²) >= 11 is 0.938. The Hall–Kier alpha value is -1.77. The van der Waals surface area contributed by atoms with E-state index in [0.29, 0.717) is 0 Å². The number of ether oxygens (including phenoxy) is 1. The van der Waals surface area contributed by atoms with Crippen molar-refractivity contribution in [3.8, 4) is 0 Å². The molecule has 1 aromatic rings. The Labute approximate surface area is 101 Å². The predicted octanol–water partition coefficient (Wildman–Crippen LogP) is -0.400. The zero-order valence-electron chi connectivity index (χ0n) is 9.12. The van der Waals surface area contributed by atoms with Crippen LogP contribution in [0.2, 0.25) is 0 Å². The third kappa shape index (κ3) is 3.94. The highest BCUT2D eigenvalue weighted by molar-refractivity contribution is 7.99. The van der Waals surface area contributed by atoms with Crippen LogP contribution in [-0.2, 0) is 20.9 Å². The summed E-state index contributed by atoms with van der Waals surface area (Å²) in [6, 6.07) is 0. The molecule has 3 N–H and O–H groups in total. The highest BCUT2D eigenvalue weighted by Gasteiger charge is 2.15. The standard InChI is InChI=1S/C8H12N4O4S/c1-2-16-6(15)3-12-7(9)10-11-8(12)17-4-5(13)14/h2-4H2,1H3,(H2,9,10)(H,13,14). The van der Waals surface area contributed by atoms with Gasteiger partial charge in [-0.1, -0.05) is 11.8 Å². The van der Waals surface area contributed by atoms with Crippen LogP contribution in [0.4, 0.5) is 5.95 Å². The van der Waals surface area contributed by atoms with Gasteiger partial charge in [0.2, 0.25) is 5.95 Å². The molecular formula is C8H12N4O4S. The summed E-state index contributed by atoms with van der Waals surface area (Å²) in [5.74, 6) is -1.59. The maximum atomic E-state index is 11.3. The van der Waals surface area contributed by atoms with E-state index >= 15 is 0 Å². The summed E-state index contributed by atoms with van der Waals surface area (Å²) < 4.78 is 6.07. The zero-order chi connectivity index (χ0) is 12.8. The molecule has 17 heavy (non-hydrogen) atoms. The number of carbonyl (C=O) groups excluding carboxylic acids is 1. The Morgan fingerprint density at radius 2 is 2.24 bits per heavy atom. The topological polar surface area (TPSA) is 120 Å². The third-order valence-electron chi connectivity index (χ3n) is 1.66. The van der Waals surface area contributed by atoms with E-state index in [1.165, 1.54) is 4.57 Å². The van der Waals surface area contributed by atoms with Crippen LogP contribution in [-0.4, -0.2) is 44.2 Å². The van der Waals surface area contributed by atoms with E-state index in [2.05, 4.69) is 10.2 Å². The van der Waals surface area contributed by atoms with E-state index < -0.39 is 11.9 Å². The molecule has 0 aliphatic heterocycles. The van der Waals surface area contributed by atoms with Gasteiger partial charge < -0.3 is 15.6 Å². The average molecular weight is 260 g/mol. The van der Waals surface area contributed by atoms with E-state index in [-0.39, 0.29) is 30.0 Å². The number of aliphatic carboxylic acids is 1. The second-order valence-electron chi connectivity index (χ2n) is 2.91. The van der Waals surface area contributed by atoms with E-state index in [1.807, 2.05) is 0 Å². The van der Waals surface area contributed by atoms with Crippen molar-refractivity contribution in [2.24, 2.45) is 0 Å². The minimum Gasteiger partial charge on any atom is -0.481 e. The van der Waals surface area contributed by atoms with Gasteiger partial charge in [0.25, 0.3) is 0 Å². The number of hydrogen-bond donors (Lipinski definition) is 2. The van der Waals surface area contributed by atoms with Crippen LogP contribution in [0.3, 0.4) is 0 Å². The fraction of sp³-hybridized carbons (Fsp3) is 0.500. The number of aromatic nitrogens is 3. The molecule has 1 heterocycles. The molecule has 1 aromatic heterocycles. The Morgan fingerprint density at radius 3 is 2.82 bits per heavy atom. The van der Waals surface area contributed by atoms with Gasteiger partial charge >= 0.3 is 11.9 Å². The van der Waals surface area contributed by atoms with Gasteiger partial charge in [-0.3, -0.25) is 14.2 Å². The van der Waals surface area contributed by atoms with Crippen LogP contribution >= 0.6 is 11.8 Å². The smallest absolute Gasteiger partial charge is 0.326 e. The molecule has 94 valence electrons. The molecular weight excluding hydrogens is 248 g/mol. The fourth-order valence-electron chi connectivity index (χ4n) is 1.02. The lowest BCUT2D eigenvalue weighted by Crippen LogP contribution is -2.16. The predicted molar refractivity (Wildman–Crippen MR) is 59.4 cm³/mol. The molecule has 0 amide bonds. The number of thioether (sulfide) groups is 1.